The lowest BCUT2D eigenvalue weighted by molar-refractivity contribution is -0.0659. The van der Waals surface area contributed by atoms with E-state index in [-0.39, 0.29) is 10.9 Å². The van der Waals surface area contributed by atoms with Gasteiger partial charge in [0.2, 0.25) is 10.2 Å². The van der Waals surface area contributed by atoms with Crippen LogP contribution < -0.4 is 0 Å². The molecule has 0 unspecified atom stereocenters. The standard InChI is InChI=1S/C12H10O4S6/c1-2-14-6-5(13-1)17-9(18-6)12-21-10-11(22-12)20-8-7(19-10)15-3-4-16-8/h7-8H,1-4H2/t7-,8+. The van der Waals surface area contributed by atoms with E-state index < -0.39 is 0 Å². The average Bonchev–Trinajstić information content (AvgIpc) is 3.15. The van der Waals surface area contributed by atoms with Crippen LogP contribution in [0.4, 0.5) is 0 Å². The molecule has 0 aliphatic carbocycles. The smallest absolute Gasteiger partial charge is 0.208 e. The Labute approximate surface area is 153 Å². The van der Waals surface area contributed by atoms with Crippen molar-refractivity contribution in [3.63, 3.8) is 0 Å². The molecule has 0 aromatic heterocycles. The maximum atomic E-state index is 5.81. The molecule has 22 heavy (non-hydrogen) atoms. The van der Waals surface area contributed by atoms with Gasteiger partial charge in [-0.1, -0.05) is 47.0 Å². The summed E-state index contributed by atoms with van der Waals surface area (Å²) in [7, 11) is 0. The first-order valence-corrected chi connectivity index (χ1v) is 11.7. The Bertz CT molecular complexity index is 567. The van der Waals surface area contributed by atoms with Crippen molar-refractivity contribution in [1.29, 1.82) is 0 Å². The fraction of sp³-hybridized carbons (Fsp3) is 0.500. The first-order valence-electron chi connectivity index (χ1n) is 6.63. The summed E-state index contributed by atoms with van der Waals surface area (Å²) in [6.45, 7) is 2.68. The zero-order valence-corrected chi connectivity index (χ0v) is 16.0. The quantitative estimate of drug-likeness (QED) is 0.567. The molecule has 10 heteroatoms. The third-order valence-electron chi connectivity index (χ3n) is 3.11. The second-order valence-electron chi connectivity index (χ2n) is 4.54. The van der Waals surface area contributed by atoms with Gasteiger partial charge in [0, 0.05) is 0 Å². The van der Waals surface area contributed by atoms with Gasteiger partial charge in [0.05, 0.1) is 30.2 Å². The fourth-order valence-electron chi connectivity index (χ4n) is 2.18. The minimum atomic E-state index is 0.122. The highest BCUT2D eigenvalue weighted by Crippen LogP contribution is 2.67. The Morgan fingerprint density at radius 2 is 1.09 bits per heavy atom. The van der Waals surface area contributed by atoms with Gasteiger partial charge in [0.15, 0.2) is 0 Å². The summed E-state index contributed by atoms with van der Waals surface area (Å²) in [5.41, 5.74) is 0.244. The summed E-state index contributed by atoms with van der Waals surface area (Å²) in [6, 6.07) is 0. The van der Waals surface area contributed by atoms with E-state index in [2.05, 4.69) is 0 Å². The van der Waals surface area contributed by atoms with Gasteiger partial charge in [-0.3, -0.25) is 0 Å². The zero-order valence-electron chi connectivity index (χ0n) is 11.1. The minimum absolute atomic E-state index is 0.122. The zero-order chi connectivity index (χ0) is 14.5. The van der Waals surface area contributed by atoms with Gasteiger partial charge in [0.25, 0.3) is 0 Å². The Hall–Kier alpha value is 0.840. The van der Waals surface area contributed by atoms with Crippen molar-refractivity contribution >= 4 is 70.6 Å². The third kappa shape index (κ3) is 2.73. The van der Waals surface area contributed by atoms with E-state index in [0.29, 0.717) is 26.4 Å². The van der Waals surface area contributed by atoms with Gasteiger partial charge in [-0.15, -0.1) is 0 Å². The van der Waals surface area contributed by atoms with Crippen LogP contribution in [0.5, 0.6) is 0 Å². The lowest BCUT2D eigenvalue weighted by Crippen LogP contribution is -2.35. The molecule has 5 aliphatic rings. The summed E-state index contributed by atoms with van der Waals surface area (Å²) in [4.78, 5) is 0. The molecule has 0 bridgehead atoms. The van der Waals surface area contributed by atoms with Gasteiger partial charge >= 0.3 is 0 Å². The molecular formula is C12H10O4S6. The highest BCUT2D eigenvalue weighted by atomic mass is 32.3. The minimum Gasteiger partial charge on any atom is -0.480 e. The van der Waals surface area contributed by atoms with E-state index in [1.54, 1.807) is 47.0 Å². The maximum Gasteiger partial charge on any atom is 0.208 e. The molecule has 0 N–H and O–H groups in total. The number of hydrogen-bond acceptors (Lipinski definition) is 10. The molecule has 1 fully saturated rings. The largest absolute Gasteiger partial charge is 0.480 e. The first kappa shape index (κ1) is 15.1. The van der Waals surface area contributed by atoms with Crippen molar-refractivity contribution in [3.8, 4) is 0 Å². The van der Waals surface area contributed by atoms with Gasteiger partial charge in [-0.2, -0.15) is 0 Å². The number of rotatable bonds is 0. The Balaban J connectivity index is 1.34. The molecule has 118 valence electrons. The lowest BCUT2D eigenvalue weighted by atomic mass is 10.6. The van der Waals surface area contributed by atoms with Crippen molar-refractivity contribution in [2.24, 2.45) is 0 Å². The molecule has 2 atom stereocenters. The number of hydrogen-bond donors (Lipinski definition) is 0. The van der Waals surface area contributed by atoms with Crippen molar-refractivity contribution in [2.45, 2.75) is 10.9 Å². The maximum absolute atomic E-state index is 5.81. The van der Waals surface area contributed by atoms with Crippen molar-refractivity contribution in [3.05, 3.63) is 27.1 Å². The molecule has 0 aromatic rings. The Morgan fingerprint density at radius 1 is 0.591 bits per heavy atom. The normalized spacial score (nSPS) is 34.2. The van der Waals surface area contributed by atoms with E-state index in [1.165, 1.54) is 16.9 Å². The van der Waals surface area contributed by atoms with Crippen LogP contribution in [0, 0.1) is 0 Å². The predicted octanol–water partition coefficient (Wildman–Crippen LogP) is 4.55. The lowest BCUT2D eigenvalue weighted by Gasteiger charge is -2.33. The van der Waals surface area contributed by atoms with Gasteiger partial charge in [-0.25, -0.2) is 0 Å². The van der Waals surface area contributed by atoms with Gasteiger partial charge < -0.3 is 18.9 Å². The SMILES string of the molecule is C1COC2=C(O1)SC(=C1SC3=C(S1)S[C@@H]1OCCO[C@@H]1S3)S2. The molecule has 5 aliphatic heterocycles. The summed E-state index contributed by atoms with van der Waals surface area (Å²) < 4.78 is 28.2. The summed E-state index contributed by atoms with van der Waals surface area (Å²) in [5, 5.41) is 1.84. The second-order valence-corrected chi connectivity index (χ2v) is 11.8. The second kappa shape index (κ2) is 6.29. The van der Waals surface area contributed by atoms with E-state index in [0.717, 1.165) is 10.2 Å². The molecule has 0 radical (unpaired) electrons. The highest BCUT2D eigenvalue weighted by molar-refractivity contribution is 8.43. The van der Waals surface area contributed by atoms with Crippen LogP contribution in [-0.2, 0) is 18.9 Å². The van der Waals surface area contributed by atoms with Crippen molar-refractivity contribution in [2.75, 3.05) is 26.4 Å². The van der Waals surface area contributed by atoms with Crippen LogP contribution in [0.25, 0.3) is 0 Å². The monoisotopic (exact) mass is 410 g/mol. The number of fused-ring (bicyclic) bond motifs is 1. The molecule has 0 amide bonds. The summed E-state index contributed by atoms with van der Waals surface area (Å²) in [6.07, 6.45) is 0. The van der Waals surface area contributed by atoms with Gasteiger partial charge in [-0.05, 0) is 23.5 Å². The highest BCUT2D eigenvalue weighted by Gasteiger charge is 2.41. The summed E-state index contributed by atoms with van der Waals surface area (Å²) in [5.74, 6) is 0. The molecule has 1 saturated heterocycles. The number of thioether (sulfide) groups is 6. The predicted molar refractivity (Wildman–Crippen MR) is 98.0 cm³/mol. The van der Waals surface area contributed by atoms with Crippen LogP contribution in [0.2, 0.25) is 0 Å². The molecule has 4 nitrogen and oxygen atoms in total. The first-order chi connectivity index (χ1) is 10.9. The summed E-state index contributed by atoms with van der Waals surface area (Å²) >= 11 is 10.7. The van der Waals surface area contributed by atoms with Crippen molar-refractivity contribution < 1.29 is 18.9 Å². The Morgan fingerprint density at radius 3 is 1.64 bits per heavy atom. The van der Waals surface area contributed by atoms with E-state index in [9.17, 15) is 0 Å². The molecular weight excluding hydrogens is 401 g/mol. The molecule has 0 aromatic carbocycles. The molecule has 0 saturated carbocycles. The Kier molecular flexibility index (Phi) is 4.32. The van der Waals surface area contributed by atoms with Crippen molar-refractivity contribution in [1.82, 2.24) is 0 Å². The molecule has 5 heterocycles. The topological polar surface area (TPSA) is 36.9 Å². The van der Waals surface area contributed by atoms with Crippen LogP contribution in [0.1, 0.15) is 0 Å². The van der Waals surface area contributed by atoms with Crippen LogP contribution >= 0.6 is 70.6 Å². The third-order valence-corrected chi connectivity index (χ3v) is 11.9. The molecule has 0 spiro atoms. The van der Waals surface area contributed by atoms with Crippen LogP contribution in [-0.4, -0.2) is 37.3 Å². The van der Waals surface area contributed by atoms with E-state index in [4.69, 9.17) is 18.9 Å². The average molecular weight is 411 g/mol. The van der Waals surface area contributed by atoms with E-state index >= 15 is 0 Å². The fourth-order valence-corrected chi connectivity index (χ4v) is 11.0. The molecule has 5 rings (SSSR count). The number of ether oxygens (including phenoxy) is 4. The van der Waals surface area contributed by atoms with Gasteiger partial charge in [0.1, 0.15) is 24.1 Å². The van der Waals surface area contributed by atoms with Crippen LogP contribution in [0.15, 0.2) is 27.1 Å². The van der Waals surface area contributed by atoms with Crippen LogP contribution in [0.3, 0.4) is 0 Å². The van der Waals surface area contributed by atoms with E-state index in [1.807, 2.05) is 23.5 Å².